The highest BCUT2D eigenvalue weighted by molar-refractivity contribution is 6.03. The molecule has 1 fully saturated rings. The Morgan fingerprint density at radius 3 is 2.52 bits per heavy atom. The van der Waals surface area contributed by atoms with Gasteiger partial charge in [0.05, 0.1) is 24.1 Å². The van der Waals surface area contributed by atoms with Crippen LogP contribution in [0.5, 0.6) is 0 Å². The number of nitrogens with one attached hydrogen (secondary N) is 1. The Hall–Kier alpha value is -3.54. The minimum Gasteiger partial charge on any atom is -0.469 e. The van der Waals surface area contributed by atoms with Gasteiger partial charge in [-0.15, -0.1) is 0 Å². The minimum absolute atomic E-state index is 0.0159. The summed E-state index contributed by atoms with van der Waals surface area (Å²) in [6.45, 7) is 0. The average molecular weight is 445 g/mol. The zero-order valence-corrected chi connectivity index (χ0v) is 18.6. The molecule has 2 heterocycles. The van der Waals surface area contributed by atoms with E-state index < -0.39 is 6.09 Å². The van der Waals surface area contributed by atoms with Crippen LogP contribution in [0.3, 0.4) is 0 Å². The Balaban J connectivity index is 1.43. The summed E-state index contributed by atoms with van der Waals surface area (Å²) in [5, 5.41) is 2.87. The first-order valence-corrected chi connectivity index (χ1v) is 11.7. The summed E-state index contributed by atoms with van der Waals surface area (Å²) < 4.78 is 11.1. The molecule has 3 aromatic rings. The van der Waals surface area contributed by atoms with Gasteiger partial charge in [-0.25, -0.2) is 4.79 Å². The van der Waals surface area contributed by atoms with E-state index in [9.17, 15) is 9.59 Å². The molecule has 1 saturated carbocycles. The molecule has 0 spiro atoms. The predicted octanol–water partition coefficient (Wildman–Crippen LogP) is 6.17. The Labute approximate surface area is 193 Å². The third kappa shape index (κ3) is 4.80. The van der Waals surface area contributed by atoms with Crippen LogP contribution in [0.15, 0.2) is 65.3 Å². The smallest absolute Gasteiger partial charge is 0.411 e. The lowest BCUT2D eigenvalue weighted by atomic mass is 9.98. The fraction of sp³-hybridized carbons (Fsp3) is 0.333. The van der Waals surface area contributed by atoms with Gasteiger partial charge in [-0.2, -0.15) is 0 Å². The molecule has 170 valence electrons. The van der Waals surface area contributed by atoms with Crippen LogP contribution >= 0.6 is 0 Å². The molecule has 1 N–H and O–H groups in total. The van der Waals surface area contributed by atoms with Gasteiger partial charge in [0.1, 0.15) is 11.9 Å². The van der Waals surface area contributed by atoms with Crippen molar-refractivity contribution in [3.05, 3.63) is 77.7 Å². The van der Waals surface area contributed by atoms with Gasteiger partial charge in [-0.1, -0.05) is 30.7 Å². The second kappa shape index (κ2) is 9.53. The number of furan rings is 1. The topological polar surface area (TPSA) is 71.8 Å². The van der Waals surface area contributed by atoms with Crippen LogP contribution in [0.25, 0.3) is 0 Å². The lowest BCUT2D eigenvalue weighted by Gasteiger charge is -2.26. The number of anilines is 3. The second-order valence-corrected chi connectivity index (χ2v) is 8.75. The Morgan fingerprint density at radius 2 is 1.73 bits per heavy atom. The van der Waals surface area contributed by atoms with E-state index in [4.69, 9.17) is 9.15 Å². The van der Waals surface area contributed by atoms with E-state index >= 15 is 0 Å². The van der Waals surface area contributed by atoms with Crippen molar-refractivity contribution in [2.45, 2.75) is 57.5 Å². The number of carbonyl (C=O) groups excluding carboxylic acids is 2. The van der Waals surface area contributed by atoms with Gasteiger partial charge in [0.25, 0.3) is 0 Å². The normalized spacial score (nSPS) is 15.8. The van der Waals surface area contributed by atoms with Gasteiger partial charge >= 0.3 is 6.09 Å². The third-order valence-electron chi connectivity index (χ3n) is 6.45. The number of ether oxygens (including phenoxy) is 1. The van der Waals surface area contributed by atoms with Crippen LogP contribution in [0.4, 0.5) is 21.9 Å². The number of aryl methyl sites for hydroxylation is 2. The highest BCUT2D eigenvalue weighted by Gasteiger charge is 2.27. The number of rotatable bonds is 4. The van der Waals surface area contributed by atoms with Crippen molar-refractivity contribution in [3.63, 3.8) is 0 Å². The Bertz CT molecular complexity index is 1130. The number of benzene rings is 2. The molecule has 1 aliphatic heterocycles. The number of para-hydroxylation sites is 1. The zero-order chi connectivity index (χ0) is 22.6. The number of carbonyl (C=O) groups is 2. The molecule has 5 rings (SSSR count). The van der Waals surface area contributed by atoms with Gasteiger partial charge in [0, 0.05) is 5.69 Å². The van der Waals surface area contributed by atoms with Crippen molar-refractivity contribution in [1.82, 2.24) is 0 Å². The van der Waals surface area contributed by atoms with Crippen molar-refractivity contribution in [2.75, 3.05) is 10.2 Å². The number of nitrogens with zero attached hydrogens (tertiary/aromatic N) is 1. The zero-order valence-electron chi connectivity index (χ0n) is 18.6. The fourth-order valence-electron chi connectivity index (χ4n) is 4.79. The van der Waals surface area contributed by atoms with E-state index in [-0.39, 0.29) is 18.4 Å². The van der Waals surface area contributed by atoms with Crippen LogP contribution in [-0.2, 0) is 28.8 Å². The third-order valence-corrected chi connectivity index (χ3v) is 6.45. The molecule has 33 heavy (non-hydrogen) atoms. The molecule has 0 unspecified atom stereocenters. The van der Waals surface area contributed by atoms with Crippen molar-refractivity contribution in [3.8, 4) is 0 Å². The number of fused-ring (bicyclic) bond motifs is 2. The molecule has 0 saturated heterocycles. The molecule has 2 aliphatic rings. The summed E-state index contributed by atoms with van der Waals surface area (Å²) in [5.41, 5.74) is 4.45. The molecule has 1 aliphatic carbocycles. The first-order chi connectivity index (χ1) is 16.2. The SMILES string of the molecule is O=C(Nc1ccc2c(c1)N(C(=O)Cc1ccco1)c1ccccc1CC2)OC1CCCCC1. The summed E-state index contributed by atoms with van der Waals surface area (Å²) in [4.78, 5) is 27.8. The van der Waals surface area contributed by atoms with E-state index in [1.54, 1.807) is 17.2 Å². The molecule has 0 bridgehead atoms. The summed E-state index contributed by atoms with van der Waals surface area (Å²) in [7, 11) is 0. The van der Waals surface area contributed by atoms with Crippen LogP contribution in [0, 0.1) is 0 Å². The molecule has 6 heteroatoms. The van der Waals surface area contributed by atoms with E-state index in [0.717, 1.165) is 61.0 Å². The largest absolute Gasteiger partial charge is 0.469 e. The van der Waals surface area contributed by atoms with Gasteiger partial charge < -0.3 is 9.15 Å². The maximum absolute atomic E-state index is 13.5. The lowest BCUT2D eigenvalue weighted by Crippen LogP contribution is -2.28. The van der Waals surface area contributed by atoms with E-state index in [1.807, 2.05) is 42.5 Å². The van der Waals surface area contributed by atoms with Crippen LogP contribution in [0.2, 0.25) is 0 Å². The van der Waals surface area contributed by atoms with Crippen molar-refractivity contribution in [1.29, 1.82) is 0 Å². The molecule has 1 aromatic heterocycles. The van der Waals surface area contributed by atoms with Crippen LogP contribution < -0.4 is 10.2 Å². The van der Waals surface area contributed by atoms with E-state index in [2.05, 4.69) is 11.4 Å². The van der Waals surface area contributed by atoms with Crippen LogP contribution in [0.1, 0.15) is 49.0 Å². The predicted molar refractivity (Wildman–Crippen MR) is 127 cm³/mol. The van der Waals surface area contributed by atoms with Gasteiger partial charge in [-0.05, 0) is 80.0 Å². The molecular weight excluding hydrogens is 416 g/mol. The molecular formula is C27H28N2O4. The van der Waals surface area contributed by atoms with Crippen molar-refractivity contribution >= 4 is 29.1 Å². The van der Waals surface area contributed by atoms with Crippen LogP contribution in [-0.4, -0.2) is 18.1 Å². The number of hydrogen-bond donors (Lipinski definition) is 1. The van der Waals surface area contributed by atoms with Gasteiger partial charge in [0.15, 0.2) is 0 Å². The second-order valence-electron chi connectivity index (χ2n) is 8.75. The highest BCUT2D eigenvalue weighted by atomic mass is 16.6. The maximum atomic E-state index is 13.5. The summed E-state index contributed by atoms with van der Waals surface area (Å²) in [6, 6.07) is 17.3. The highest BCUT2D eigenvalue weighted by Crippen LogP contribution is 2.38. The number of hydrogen-bond acceptors (Lipinski definition) is 4. The fourth-order valence-corrected chi connectivity index (χ4v) is 4.79. The molecule has 2 aromatic carbocycles. The average Bonchev–Trinajstić information content (AvgIpc) is 3.27. The number of amides is 2. The summed E-state index contributed by atoms with van der Waals surface area (Å²) in [5.74, 6) is 0.538. The first kappa shape index (κ1) is 21.3. The lowest BCUT2D eigenvalue weighted by molar-refractivity contribution is -0.117. The van der Waals surface area contributed by atoms with E-state index in [0.29, 0.717) is 11.4 Å². The van der Waals surface area contributed by atoms with E-state index in [1.165, 1.54) is 6.42 Å². The quantitative estimate of drug-likeness (QED) is 0.523. The molecule has 0 atom stereocenters. The molecule has 0 radical (unpaired) electrons. The first-order valence-electron chi connectivity index (χ1n) is 11.7. The van der Waals surface area contributed by atoms with Gasteiger partial charge in [-0.3, -0.25) is 15.0 Å². The Morgan fingerprint density at radius 1 is 0.939 bits per heavy atom. The van der Waals surface area contributed by atoms with Crippen molar-refractivity contribution < 1.29 is 18.7 Å². The molecule has 6 nitrogen and oxygen atoms in total. The summed E-state index contributed by atoms with van der Waals surface area (Å²) >= 11 is 0. The monoisotopic (exact) mass is 444 g/mol. The minimum atomic E-state index is -0.440. The summed E-state index contributed by atoms with van der Waals surface area (Å²) in [6.07, 6.45) is 8.17. The molecule has 2 amide bonds. The van der Waals surface area contributed by atoms with Gasteiger partial charge in [0.2, 0.25) is 5.91 Å². The maximum Gasteiger partial charge on any atom is 0.411 e. The Kier molecular flexibility index (Phi) is 6.15. The standard InChI is InChI=1S/C27H28N2O4/c30-26(18-23-10-6-16-32-23)29-24-11-5-4-7-19(24)12-13-20-14-15-21(17-25(20)29)28-27(31)33-22-8-2-1-3-9-22/h4-7,10-11,14-17,22H,1-3,8-9,12-13,18H2,(H,28,31). The van der Waals surface area contributed by atoms with Crippen molar-refractivity contribution in [2.24, 2.45) is 0 Å².